The molecular formula is C16H22N2O. The van der Waals surface area contributed by atoms with Crippen molar-refractivity contribution in [2.45, 2.75) is 19.3 Å². The summed E-state index contributed by atoms with van der Waals surface area (Å²) in [5, 5.41) is 3.04. The lowest BCUT2D eigenvalue weighted by atomic mass is 9.71. The smallest absolute Gasteiger partial charge is 0.231 e. The van der Waals surface area contributed by atoms with Crippen LogP contribution in [0.2, 0.25) is 0 Å². The van der Waals surface area contributed by atoms with Gasteiger partial charge in [0.15, 0.2) is 0 Å². The van der Waals surface area contributed by atoms with Gasteiger partial charge in [0.1, 0.15) is 0 Å². The summed E-state index contributed by atoms with van der Waals surface area (Å²) in [4.78, 5) is 14.7. The van der Waals surface area contributed by atoms with Crippen LogP contribution in [0.4, 0.5) is 0 Å². The zero-order chi connectivity index (χ0) is 13.9. The van der Waals surface area contributed by atoms with Crippen molar-refractivity contribution in [2.24, 2.45) is 5.41 Å². The molecule has 0 unspecified atom stereocenters. The Morgan fingerprint density at radius 3 is 2.58 bits per heavy atom. The van der Waals surface area contributed by atoms with Crippen LogP contribution in [0.5, 0.6) is 0 Å². The van der Waals surface area contributed by atoms with E-state index >= 15 is 0 Å². The van der Waals surface area contributed by atoms with Gasteiger partial charge in [-0.05, 0) is 51.0 Å². The maximum atomic E-state index is 12.5. The number of rotatable bonds is 3. The minimum Gasteiger partial charge on any atom is -0.325 e. The summed E-state index contributed by atoms with van der Waals surface area (Å²) in [7, 11) is 2.11. The van der Waals surface area contributed by atoms with Crippen molar-refractivity contribution >= 4 is 5.91 Å². The summed E-state index contributed by atoms with van der Waals surface area (Å²) >= 11 is 0. The van der Waals surface area contributed by atoms with Gasteiger partial charge < -0.3 is 10.2 Å². The molecule has 1 N–H and O–H groups in total. The van der Waals surface area contributed by atoms with E-state index in [9.17, 15) is 4.79 Å². The quantitative estimate of drug-likeness (QED) is 0.788. The van der Waals surface area contributed by atoms with Crippen molar-refractivity contribution in [3.63, 3.8) is 0 Å². The zero-order valence-corrected chi connectivity index (χ0v) is 11.6. The molecule has 0 saturated carbocycles. The molecule has 102 valence electrons. The van der Waals surface area contributed by atoms with Crippen LogP contribution in [0, 0.1) is 5.41 Å². The molecule has 19 heavy (non-hydrogen) atoms. The third-order valence-corrected chi connectivity index (χ3v) is 4.19. The molecule has 0 bridgehead atoms. The van der Waals surface area contributed by atoms with Gasteiger partial charge in [-0.2, -0.15) is 0 Å². The lowest BCUT2D eigenvalue weighted by molar-refractivity contribution is -0.133. The third kappa shape index (κ3) is 2.71. The minimum atomic E-state index is -0.235. The predicted molar refractivity (Wildman–Crippen MR) is 78.5 cm³/mol. The molecule has 0 aromatic rings. The van der Waals surface area contributed by atoms with Gasteiger partial charge in [0, 0.05) is 5.70 Å². The van der Waals surface area contributed by atoms with Crippen molar-refractivity contribution in [3.8, 4) is 0 Å². The number of nitrogens with zero attached hydrogens (tertiary/aromatic N) is 1. The first-order valence-corrected chi connectivity index (χ1v) is 6.76. The number of carbonyl (C=O) groups excluding carboxylic acids is 1. The van der Waals surface area contributed by atoms with E-state index in [0.717, 1.165) is 43.6 Å². The average Bonchev–Trinajstić information content (AvgIpc) is 2.42. The molecule has 0 aromatic carbocycles. The summed E-state index contributed by atoms with van der Waals surface area (Å²) in [6, 6.07) is 0. The van der Waals surface area contributed by atoms with E-state index in [1.807, 2.05) is 18.2 Å². The van der Waals surface area contributed by atoms with Crippen molar-refractivity contribution in [1.82, 2.24) is 10.2 Å². The number of piperidine rings is 1. The van der Waals surface area contributed by atoms with Crippen LogP contribution in [-0.4, -0.2) is 30.9 Å². The number of amides is 1. The maximum Gasteiger partial charge on any atom is 0.231 e. The molecule has 1 saturated heterocycles. The van der Waals surface area contributed by atoms with Crippen molar-refractivity contribution < 1.29 is 4.79 Å². The van der Waals surface area contributed by atoms with Crippen LogP contribution >= 0.6 is 0 Å². The lowest BCUT2D eigenvalue weighted by Crippen LogP contribution is -2.50. The highest BCUT2D eigenvalue weighted by molar-refractivity contribution is 5.87. The predicted octanol–water partition coefficient (Wildman–Crippen LogP) is 2.40. The van der Waals surface area contributed by atoms with Crippen LogP contribution < -0.4 is 5.32 Å². The SMILES string of the molecule is C=C/C=C\C1=C(C=C)CC2(CCN(C)CC2)C(=O)N1. The summed E-state index contributed by atoms with van der Waals surface area (Å²) in [6.07, 6.45) is 9.95. The maximum absolute atomic E-state index is 12.5. The molecule has 0 atom stereocenters. The molecule has 2 aliphatic rings. The Balaban J connectivity index is 2.26. The second-order valence-electron chi connectivity index (χ2n) is 5.45. The Morgan fingerprint density at radius 2 is 2.00 bits per heavy atom. The van der Waals surface area contributed by atoms with Crippen LogP contribution in [0.15, 0.2) is 48.7 Å². The van der Waals surface area contributed by atoms with Gasteiger partial charge in [0.05, 0.1) is 5.41 Å². The first-order chi connectivity index (χ1) is 9.11. The Kier molecular flexibility index (Phi) is 4.05. The number of hydrogen-bond donors (Lipinski definition) is 1. The molecule has 2 aliphatic heterocycles. The molecule has 2 rings (SSSR count). The van der Waals surface area contributed by atoms with Gasteiger partial charge in [0.25, 0.3) is 0 Å². The highest BCUT2D eigenvalue weighted by Gasteiger charge is 2.43. The van der Waals surface area contributed by atoms with Crippen LogP contribution in [0.3, 0.4) is 0 Å². The van der Waals surface area contributed by atoms with Crippen molar-refractivity contribution in [2.75, 3.05) is 20.1 Å². The molecule has 1 amide bonds. The third-order valence-electron chi connectivity index (χ3n) is 4.19. The minimum absolute atomic E-state index is 0.162. The standard InChI is InChI=1S/C16H22N2O/c1-4-6-7-14-13(5-2)12-16(15(19)17-14)8-10-18(3)11-9-16/h4-7H,1-2,8-12H2,3H3,(H,17,19)/b7-6-. The second-order valence-corrected chi connectivity index (χ2v) is 5.45. The van der Waals surface area contributed by atoms with Gasteiger partial charge >= 0.3 is 0 Å². The second kappa shape index (κ2) is 5.57. The van der Waals surface area contributed by atoms with E-state index < -0.39 is 0 Å². The van der Waals surface area contributed by atoms with Crippen LogP contribution in [-0.2, 0) is 4.79 Å². The molecule has 0 aliphatic carbocycles. The number of nitrogens with one attached hydrogen (secondary N) is 1. The van der Waals surface area contributed by atoms with Crippen LogP contribution in [0.25, 0.3) is 0 Å². The Labute approximate surface area is 115 Å². The molecule has 0 radical (unpaired) electrons. The number of allylic oxidation sites excluding steroid dienone is 5. The Bertz CT molecular complexity index is 451. The summed E-state index contributed by atoms with van der Waals surface area (Å²) < 4.78 is 0. The number of likely N-dealkylation sites (tertiary alicyclic amines) is 1. The highest BCUT2D eigenvalue weighted by Crippen LogP contribution is 2.41. The molecule has 3 nitrogen and oxygen atoms in total. The number of carbonyl (C=O) groups is 1. The van der Waals surface area contributed by atoms with Gasteiger partial charge in [-0.15, -0.1) is 0 Å². The largest absolute Gasteiger partial charge is 0.325 e. The van der Waals surface area contributed by atoms with Gasteiger partial charge in [-0.1, -0.05) is 31.4 Å². The van der Waals surface area contributed by atoms with Crippen molar-refractivity contribution in [3.05, 3.63) is 48.7 Å². The van der Waals surface area contributed by atoms with E-state index in [-0.39, 0.29) is 11.3 Å². The van der Waals surface area contributed by atoms with Gasteiger partial charge in [0.2, 0.25) is 5.91 Å². The average molecular weight is 258 g/mol. The van der Waals surface area contributed by atoms with E-state index in [1.165, 1.54) is 0 Å². The molecule has 2 heterocycles. The van der Waals surface area contributed by atoms with Gasteiger partial charge in [-0.3, -0.25) is 4.79 Å². The first-order valence-electron chi connectivity index (χ1n) is 6.76. The fourth-order valence-corrected chi connectivity index (χ4v) is 2.82. The normalized spacial score (nSPS) is 23.7. The number of hydrogen-bond acceptors (Lipinski definition) is 2. The Hall–Kier alpha value is -1.61. The summed E-state index contributed by atoms with van der Waals surface area (Å²) in [5.41, 5.74) is 1.76. The fraction of sp³-hybridized carbons (Fsp3) is 0.438. The lowest BCUT2D eigenvalue weighted by Gasteiger charge is -2.42. The molecule has 3 heteroatoms. The molecule has 0 aromatic heterocycles. The van der Waals surface area contributed by atoms with E-state index in [1.54, 1.807) is 6.08 Å². The molecular weight excluding hydrogens is 236 g/mol. The summed E-state index contributed by atoms with van der Waals surface area (Å²) in [5.74, 6) is 0.162. The topological polar surface area (TPSA) is 32.3 Å². The van der Waals surface area contributed by atoms with E-state index in [4.69, 9.17) is 0 Å². The monoisotopic (exact) mass is 258 g/mol. The van der Waals surface area contributed by atoms with E-state index in [0.29, 0.717) is 0 Å². The molecule has 1 spiro atoms. The summed E-state index contributed by atoms with van der Waals surface area (Å²) in [6.45, 7) is 9.50. The van der Waals surface area contributed by atoms with Crippen molar-refractivity contribution in [1.29, 1.82) is 0 Å². The van der Waals surface area contributed by atoms with Gasteiger partial charge in [-0.25, -0.2) is 0 Å². The van der Waals surface area contributed by atoms with E-state index in [2.05, 4.69) is 30.4 Å². The molecule has 1 fully saturated rings. The Morgan fingerprint density at radius 1 is 1.32 bits per heavy atom. The first kappa shape index (κ1) is 13.8. The van der Waals surface area contributed by atoms with Crippen LogP contribution in [0.1, 0.15) is 19.3 Å². The fourth-order valence-electron chi connectivity index (χ4n) is 2.82. The highest BCUT2D eigenvalue weighted by atomic mass is 16.2. The zero-order valence-electron chi connectivity index (χ0n) is 11.6.